The molecule has 0 spiro atoms. The summed E-state index contributed by atoms with van der Waals surface area (Å²) in [6.07, 6.45) is 0. The standard InChI is InChI=1S/C15H16ClNO4S/c1-20-12-8-7-11(14(9-12)21-2)10-17-22(18,19)15-6-4-3-5-13(15)16/h3-9,17H,10H2,1-2H3. The molecular weight excluding hydrogens is 326 g/mol. The maximum absolute atomic E-state index is 12.3. The van der Waals surface area contributed by atoms with Crippen molar-refractivity contribution in [2.75, 3.05) is 14.2 Å². The molecule has 2 aromatic carbocycles. The summed E-state index contributed by atoms with van der Waals surface area (Å²) in [7, 11) is -0.634. The van der Waals surface area contributed by atoms with Crippen LogP contribution in [0.2, 0.25) is 5.02 Å². The van der Waals surface area contributed by atoms with E-state index < -0.39 is 10.0 Å². The average molecular weight is 342 g/mol. The lowest BCUT2D eigenvalue weighted by Crippen LogP contribution is -2.23. The Bertz CT molecular complexity index is 762. The third-order valence-electron chi connectivity index (χ3n) is 3.07. The average Bonchev–Trinajstić information content (AvgIpc) is 2.53. The molecule has 0 atom stereocenters. The second kappa shape index (κ2) is 7.00. The van der Waals surface area contributed by atoms with Gasteiger partial charge < -0.3 is 9.47 Å². The van der Waals surface area contributed by atoms with Crippen LogP contribution < -0.4 is 14.2 Å². The van der Waals surface area contributed by atoms with Gasteiger partial charge >= 0.3 is 0 Å². The molecule has 0 fully saturated rings. The minimum Gasteiger partial charge on any atom is -0.497 e. The van der Waals surface area contributed by atoms with E-state index in [9.17, 15) is 8.42 Å². The number of hydrogen-bond acceptors (Lipinski definition) is 4. The van der Waals surface area contributed by atoms with Gasteiger partial charge in [-0.1, -0.05) is 29.8 Å². The minimum absolute atomic E-state index is 0.0455. The highest BCUT2D eigenvalue weighted by atomic mass is 35.5. The van der Waals surface area contributed by atoms with E-state index >= 15 is 0 Å². The third kappa shape index (κ3) is 3.71. The molecule has 1 N–H and O–H groups in total. The van der Waals surface area contributed by atoms with E-state index in [0.717, 1.165) is 0 Å². The molecule has 0 bridgehead atoms. The number of ether oxygens (including phenoxy) is 2. The zero-order valence-electron chi connectivity index (χ0n) is 12.2. The van der Waals surface area contributed by atoms with E-state index in [2.05, 4.69) is 4.72 Å². The normalized spacial score (nSPS) is 11.2. The van der Waals surface area contributed by atoms with E-state index in [4.69, 9.17) is 21.1 Å². The first-order chi connectivity index (χ1) is 10.5. The van der Waals surface area contributed by atoms with E-state index in [1.54, 1.807) is 37.4 Å². The summed E-state index contributed by atoms with van der Waals surface area (Å²) in [6, 6.07) is 11.5. The molecule has 0 heterocycles. The second-order valence-electron chi connectivity index (χ2n) is 4.43. The van der Waals surface area contributed by atoms with E-state index in [-0.39, 0.29) is 16.5 Å². The van der Waals surface area contributed by atoms with Crippen LogP contribution in [-0.4, -0.2) is 22.6 Å². The van der Waals surface area contributed by atoms with Crippen LogP contribution in [-0.2, 0) is 16.6 Å². The van der Waals surface area contributed by atoms with E-state index in [0.29, 0.717) is 17.1 Å². The topological polar surface area (TPSA) is 64.6 Å². The van der Waals surface area contributed by atoms with Crippen molar-refractivity contribution >= 4 is 21.6 Å². The molecule has 0 aliphatic heterocycles. The fourth-order valence-electron chi connectivity index (χ4n) is 1.91. The van der Waals surface area contributed by atoms with Gasteiger partial charge in [0.25, 0.3) is 0 Å². The monoisotopic (exact) mass is 341 g/mol. The van der Waals surface area contributed by atoms with E-state index in [1.807, 2.05) is 0 Å². The molecule has 5 nitrogen and oxygen atoms in total. The van der Waals surface area contributed by atoms with Crippen molar-refractivity contribution in [3.8, 4) is 11.5 Å². The number of nitrogens with one attached hydrogen (secondary N) is 1. The summed E-state index contributed by atoms with van der Waals surface area (Å²) in [5.41, 5.74) is 0.693. The molecule has 2 rings (SSSR count). The van der Waals surface area contributed by atoms with Gasteiger partial charge in [0.05, 0.1) is 19.2 Å². The van der Waals surface area contributed by atoms with Crippen molar-refractivity contribution in [2.24, 2.45) is 0 Å². The fourth-order valence-corrected chi connectivity index (χ4v) is 3.44. The first-order valence-electron chi connectivity index (χ1n) is 6.43. The molecule has 0 saturated carbocycles. The minimum atomic E-state index is -3.70. The summed E-state index contributed by atoms with van der Waals surface area (Å²) in [5.74, 6) is 1.18. The Morgan fingerprint density at radius 3 is 2.45 bits per heavy atom. The van der Waals surface area contributed by atoms with Crippen LogP contribution in [0, 0.1) is 0 Å². The van der Waals surface area contributed by atoms with Gasteiger partial charge in [-0.05, 0) is 18.2 Å². The Morgan fingerprint density at radius 2 is 1.82 bits per heavy atom. The van der Waals surface area contributed by atoms with Gasteiger partial charge in [-0.15, -0.1) is 0 Å². The smallest absolute Gasteiger partial charge is 0.242 e. The Kier molecular flexibility index (Phi) is 5.28. The molecule has 7 heteroatoms. The molecule has 2 aromatic rings. The van der Waals surface area contributed by atoms with Crippen LogP contribution in [0.1, 0.15) is 5.56 Å². The molecule has 0 saturated heterocycles. The molecule has 0 radical (unpaired) electrons. The Labute approximate surface area is 134 Å². The van der Waals surface area contributed by atoms with Gasteiger partial charge in [-0.25, -0.2) is 13.1 Å². The fraction of sp³-hybridized carbons (Fsp3) is 0.200. The van der Waals surface area contributed by atoms with E-state index in [1.165, 1.54) is 19.2 Å². The molecule has 0 aliphatic rings. The highest BCUT2D eigenvalue weighted by Crippen LogP contribution is 2.25. The van der Waals surface area contributed by atoms with Crippen molar-refractivity contribution < 1.29 is 17.9 Å². The third-order valence-corrected chi connectivity index (χ3v) is 4.97. The van der Waals surface area contributed by atoms with Gasteiger partial charge in [-0.3, -0.25) is 0 Å². The summed E-state index contributed by atoms with van der Waals surface area (Å²) >= 11 is 5.93. The van der Waals surface area contributed by atoms with Gasteiger partial charge in [0, 0.05) is 18.2 Å². The summed E-state index contributed by atoms with van der Waals surface area (Å²) in [5, 5.41) is 0.177. The number of methoxy groups -OCH3 is 2. The molecule has 0 unspecified atom stereocenters. The Morgan fingerprint density at radius 1 is 1.09 bits per heavy atom. The van der Waals surface area contributed by atoms with Crippen molar-refractivity contribution in [1.82, 2.24) is 4.72 Å². The molecule has 118 valence electrons. The zero-order valence-corrected chi connectivity index (χ0v) is 13.7. The predicted molar refractivity (Wildman–Crippen MR) is 85.0 cm³/mol. The number of benzene rings is 2. The lowest BCUT2D eigenvalue weighted by Gasteiger charge is -2.12. The van der Waals surface area contributed by atoms with Crippen LogP contribution in [0.5, 0.6) is 11.5 Å². The predicted octanol–water partition coefficient (Wildman–Crippen LogP) is 2.84. The number of rotatable bonds is 6. The molecule has 0 aliphatic carbocycles. The lowest BCUT2D eigenvalue weighted by molar-refractivity contribution is 0.390. The lowest BCUT2D eigenvalue weighted by atomic mass is 10.2. The largest absolute Gasteiger partial charge is 0.497 e. The van der Waals surface area contributed by atoms with Gasteiger partial charge in [-0.2, -0.15) is 0 Å². The van der Waals surface area contributed by atoms with Gasteiger partial charge in [0.1, 0.15) is 16.4 Å². The quantitative estimate of drug-likeness (QED) is 0.877. The maximum Gasteiger partial charge on any atom is 0.242 e. The molecule has 0 aromatic heterocycles. The number of halogens is 1. The van der Waals surface area contributed by atoms with Crippen LogP contribution in [0.15, 0.2) is 47.4 Å². The maximum atomic E-state index is 12.3. The van der Waals surface area contributed by atoms with Crippen LogP contribution in [0.4, 0.5) is 0 Å². The van der Waals surface area contributed by atoms with Crippen LogP contribution in [0.25, 0.3) is 0 Å². The Balaban J connectivity index is 2.21. The van der Waals surface area contributed by atoms with Crippen molar-refractivity contribution in [2.45, 2.75) is 11.4 Å². The number of hydrogen-bond donors (Lipinski definition) is 1. The summed E-state index contributed by atoms with van der Waals surface area (Å²) in [6.45, 7) is 0.0841. The van der Waals surface area contributed by atoms with Crippen molar-refractivity contribution in [3.63, 3.8) is 0 Å². The van der Waals surface area contributed by atoms with Crippen molar-refractivity contribution in [3.05, 3.63) is 53.1 Å². The SMILES string of the molecule is COc1ccc(CNS(=O)(=O)c2ccccc2Cl)c(OC)c1. The number of sulfonamides is 1. The first-order valence-corrected chi connectivity index (χ1v) is 8.29. The zero-order chi connectivity index (χ0) is 16.2. The second-order valence-corrected chi connectivity index (χ2v) is 6.58. The van der Waals surface area contributed by atoms with Crippen LogP contribution >= 0.6 is 11.6 Å². The molecule has 22 heavy (non-hydrogen) atoms. The molecule has 0 amide bonds. The first kappa shape index (κ1) is 16.6. The highest BCUT2D eigenvalue weighted by Gasteiger charge is 2.17. The van der Waals surface area contributed by atoms with Crippen LogP contribution in [0.3, 0.4) is 0 Å². The van der Waals surface area contributed by atoms with Crippen molar-refractivity contribution in [1.29, 1.82) is 0 Å². The highest BCUT2D eigenvalue weighted by molar-refractivity contribution is 7.89. The Hall–Kier alpha value is -1.76. The van der Waals surface area contributed by atoms with Gasteiger partial charge in [0.2, 0.25) is 10.0 Å². The molecular formula is C15H16ClNO4S. The summed E-state index contributed by atoms with van der Waals surface area (Å²) in [4.78, 5) is 0.0455. The summed E-state index contributed by atoms with van der Waals surface area (Å²) < 4.78 is 37.4. The van der Waals surface area contributed by atoms with Gasteiger partial charge in [0.15, 0.2) is 0 Å².